The maximum Gasteiger partial charge on any atom is 0.336 e. The van der Waals surface area contributed by atoms with E-state index in [1.807, 2.05) is 0 Å². The van der Waals surface area contributed by atoms with Crippen LogP contribution in [0.3, 0.4) is 0 Å². The summed E-state index contributed by atoms with van der Waals surface area (Å²) >= 11 is 6.44. The molecule has 10 heteroatoms. The number of aromatic carboxylic acids is 2. The molecule has 8 nitrogen and oxygen atoms in total. The molecule has 0 aromatic heterocycles. The molecule has 0 saturated carbocycles. The SMILES string of the molecule is COc1ccc(C(=O)c2cc(Br)ccc2C(=O)O)cc1.COc1ccc(C(=O)c2ccc(Br)cc2C(=O)O)cc1. The second kappa shape index (κ2) is 13.7. The third-order valence-electron chi connectivity index (χ3n) is 5.62. The maximum absolute atomic E-state index is 12.4. The van der Waals surface area contributed by atoms with Crippen LogP contribution >= 0.6 is 31.9 Å². The Kier molecular flexibility index (Phi) is 10.4. The first-order valence-corrected chi connectivity index (χ1v) is 13.1. The second-order valence-electron chi connectivity index (χ2n) is 8.11. The highest BCUT2D eigenvalue weighted by Gasteiger charge is 2.19. The fraction of sp³-hybridized carbons (Fsp3) is 0.0667. The van der Waals surface area contributed by atoms with Gasteiger partial charge in [0, 0.05) is 31.2 Å². The van der Waals surface area contributed by atoms with E-state index < -0.39 is 11.9 Å². The summed E-state index contributed by atoms with van der Waals surface area (Å²) in [4.78, 5) is 47.2. The molecule has 4 aromatic rings. The average molecular weight is 670 g/mol. The number of carbonyl (C=O) groups is 4. The first kappa shape index (κ1) is 30.3. The Morgan fingerprint density at radius 1 is 0.525 bits per heavy atom. The van der Waals surface area contributed by atoms with Gasteiger partial charge in [-0.2, -0.15) is 0 Å². The Labute approximate surface area is 246 Å². The number of benzene rings is 4. The van der Waals surface area contributed by atoms with Gasteiger partial charge in [-0.3, -0.25) is 9.59 Å². The topological polar surface area (TPSA) is 127 Å². The number of carboxylic acids is 2. The van der Waals surface area contributed by atoms with Gasteiger partial charge in [0.15, 0.2) is 11.6 Å². The quantitative estimate of drug-likeness (QED) is 0.197. The third kappa shape index (κ3) is 7.43. The van der Waals surface area contributed by atoms with Gasteiger partial charge in [0.2, 0.25) is 0 Å². The van der Waals surface area contributed by atoms with Crippen LogP contribution in [0.2, 0.25) is 0 Å². The molecule has 4 aromatic carbocycles. The summed E-state index contributed by atoms with van der Waals surface area (Å²) in [6.45, 7) is 0. The van der Waals surface area contributed by atoms with Crippen molar-refractivity contribution in [3.63, 3.8) is 0 Å². The van der Waals surface area contributed by atoms with Crippen LogP contribution in [0.1, 0.15) is 52.6 Å². The summed E-state index contributed by atoms with van der Waals surface area (Å²) in [6.07, 6.45) is 0. The summed E-state index contributed by atoms with van der Waals surface area (Å²) in [5.74, 6) is -1.67. The van der Waals surface area contributed by atoms with Crippen LogP contribution in [-0.4, -0.2) is 47.9 Å². The molecule has 0 unspecified atom stereocenters. The van der Waals surface area contributed by atoms with E-state index in [1.165, 1.54) is 38.5 Å². The zero-order valence-corrected chi connectivity index (χ0v) is 24.4. The number of ether oxygens (including phenoxy) is 2. The minimum atomic E-state index is -1.14. The fourth-order valence-electron chi connectivity index (χ4n) is 3.58. The van der Waals surface area contributed by atoms with Crippen molar-refractivity contribution < 1.29 is 38.9 Å². The monoisotopic (exact) mass is 668 g/mol. The first-order valence-electron chi connectivity index (χ1n) is 11.5. The number of halogens is 2. The van der Waals surface area contributed by atoms with Gasteiger partial charge in [0.25, 0.3) is 0 Å². The summed E-state index contributed by atoms with van der Waals surface area (Å²) < 4.78 is 11.3. The van der Waals surface area contributed by atoms with Crippen LogP contribution in [0.5, 0.6) is 11.5 Å². The molecular weight excluding hydrogens is 648 g/mol. The van der Waals surface area contributed by atoms with E-state index in [4.69, 9.17) is 14.6 Å². The highest BCUT2D eigenvalue weighted by Crippen LogP contribution is 2.23. The van der Waals surface area contributed by atoms with E-state index in [0.29, 0.717) is 31.6 Å². The molecule has 0 atom stereocenters. The van der Waals surface area contributed by atoms with Gasteiger partial charge in [-0.05, 0) is 84.9 Å². The Balaban J connectivity index is 0.000000220. The molecule has 0 saturated heterocycles. The number of methoxy groups -OCH3 is 2. The van der Waals surface area contributed by atoms with Crippen molar-refractivity contribution in [3.8, 4) is 11.5 Å². The predicted molar refractivity (Wildman–Crippen MR) is 155 cm³/mol. The third-order valence-corrected chi connectivity index (χ3v) is 6.60. The Morgan fingerprint density at radius 3 is 1.30 bits per heavy atom. The van der Waals surface area contributed by atoms with Gasteiger partial charge in [0.05, 0.1) is 25.3 Å². The molecule has 0 radical (unpaired) electrons. The van der Waals surface area contributed by atoms with Gasteiger partial charge < -0.3 is 19.7 Å². The average Bonchev–Trinajstić information content (AvgIpc) is 2.96. The van der Waals surface area contributed by atoms with Gasteiger partial charge in [-0.25, -0.2) is 9.59 Å². The van der Waals surface area contributed by atoms with Crippen molar-refractivity contribution >= 4 is 55.4 Å². The smallest absolute Gasteiger partial charge is 0.336 e. The van der Waals surface area contributed by atoms with Gasteiger partial charge in [0.1, 0.15) is 11.5 Å². The molecular formula is C30H22Br2O8. The second-order valence-corrected chi connectivity index (χ2v) is 9.94. The molecule has 0 aliphatic heterocycles. The van der Waals surface area contributed by atoms with Crippen LogP contribution in [0, 0.1) is 0 Å². The molecule has 0 fully saturated rings. The highest BCUT2D eigenvalue weighted by molar-refractivity contribution is 9.10. The molecule has 4 rings (SSSR count). The molecule has 0 spiro atoms. The zero-order valence-electron chi connectivity index (χ0n) is 21.2. The summed E-state index contributed by atoms with van der Waals surface area (Å²) in [7, 11) is 3.07. The molecule has 0 aliphatic rings. The Morgan fingerprint density at radius 2 is 0.900 bits per heavy atom. The van der Waals surface area contributed by atoms with E-state index in [2.05, 4.69) is 31.9 Å². The van der Waals surface area contributed by atoms with Crippen LogP contribution in [0.25, 0.3) is 0 Å². The van der Waals surface area contributed by atoms with E-state index in [1.54, 1.807) is 60.7 Å². The van der Waals surface area contributed by atoms with Crippen LogP contribution in [0.4, 0.5) is 0 Å². The summed E-state index contributed by atoms with van der Waals surface area (Å²) in [6, 6.07) is 22.1. The predicted octanol–water partition coefficient (Wildman–Crippen LogP) is 6.77. The molecule has 0 bridgehead atoms. The lowest BCUT2D eigenvalue weighted by molar-refractivity contribution is 0.0683. The summed E-state index contributed by atoms with van der Waals surface area (Å²) in [5, 5.41) is 18.3. The van der Waals surface area contributed by atoms with Gasteiger partial charge >= 0.3 is 11.9 Å². The van der Waals surface area contributed by atoms with Crippen molar-refractivity contribution in [2.24, 2.45) is 0 Å². The normalized spacial score (nSPS) is 10.1. The van der Waals surface area contributed by atoms with E-state index in [9.17, 15) is 24.3 Å². The Bertz CT molecular complexity index is 1560. The lowest BCUT2D eigenvalue weighted by atomic mass is 9.98. The van der Waals surface area contributed by atoms with Crippen molar-refractivity contribution in [3.05, 3.63) is 127 Å². The van der Waals surface area contributed by atoms with E-state index >= 15 is 0 Å². The fourth-order valence-corrected chi connectivity index (χ4v) is 4.30. The molecule has 0 heterocycles. The minimum Gasteiger partial charge on any atom is -0.497 e. The van der Waals surface area contributed by atoms with Crippen LogP contribution < -0.4 is 9.47 Å². The number of hydrogen-bond acceptors (Lipinski definition) is 6. The highest BCUT2D eigenvalue weighted by atomic mass is 79.9. The molecule has 0 aliphatic carbocycles. The van der Waals surface area contributed by atoms with Crippen molar-refractivity contribution in [1.29, 1.82) is 0 Å². The van der Waals surface area contributed by atoms with Gasteiger partial charge in [-0.1, -0.05) is 31.9 Å². The largest absolute Gasteiger partial charge is 0.497 e. The number of hydrogen-bond donors (Lipinski definition) is 2. The first-order chi connectivity index (χ1) is 19.0. The lowest BCUT2D eigenvalue weighted by Crippen LogP contribution is -2.09. The minimum absolute atomic E-state index is 0.0194. The Hall–Kier alpha value is -4.28. The van der Waals surface area contributed by atoms with Gasteiger partial charge in [-0.15, -0.1) is 0 Å². The number of carboxylic acid groups (broad SMARTS) is 2. The molecule has 2 N–H and O–H groups in total. The van der Waals surface area contributed by atoms with E-state index in [-0.39, 0.29) is 33.8 Å². The molecule has 40 heavy (non-hydrogen) atoms. The number of rotatable bonds is 8. The molecule has 0 amide bonds. The number of ketones is 2. The lowest BCUT2D eigenvalue weighted by Gasteiger charge is -2.07. The zero-order chi connectivity index (χ0) is 29.4. The van der Waals surface area contributed by atoms with Crippen molar-refractivity contribution in [1.82, 2.24) is 0 Å². The van der Waals surface area contributed by atoms with Crippen LogP contribution in [-0.2, 0) is 0 Å². The molecule has 204 valence electrons. The maximum atomic E-state index is 12.4. The van der Waals surface area contributed by atoms with Crippen LogP contribution in [0.15, 0.2) is 93.9 Å². The van der Waals surface area contributed by atoms with Crippen molar-refractivity contribution in [2.45, 2.75) is 0 Å². The van der Waals surface area contributed by atoms with Crippen molar-refractivity contribution in [2.75, 3.05) is 14.2 Å². The number of carbonyl (C=O) groups excluding carboxylic acids is 2. The standard InChI is InChI=1S/2C15H11BrO4/c1-20-11-5-2-9(3-6-11)14(17)13-8-10(16)4-7-12(13)15(18)19;1-20-11-5-2-9(3-6-11)14(17)12-7-4-10(16)8-13(12)15(18)19/h2*2-8H,1H3,(H,18,19). The summed E-state index contributed by atoms with van der Waals surface area (Å²) in [5.41, 5.74) is 1.08. The van der Waals surface area contributed by atoms with E-state index in [0.717, 1.165) is 0 Å².